The molecule has 0 heterocycles. The van der Waals surface area contributed by atoms with Crippen LogP contribution in [0.25, 0.3) is 0 Å². The van der Waals surface area contributed by atoms with Crippen molar-refractivity contribution >= 4 is 5.91 Å². The van der Waals surface area contributed by atoms with Gasteiger partial charge in [0.05, 0.1) is 6.04 Å². The molecule has 0 fully saturated rings. The minimum Gasteiger partial charge on any atom is -0.346 e. The number of benzene rings is 1. The highest BCUT2D eigenvalue weighted by Crippen LogP contribution is 2.14. The van der Waals surface area contributed by atoms with Crippen molar-refractivity contribution in [3.8, 4) is 0 Å². The first-order valence-corrected chi connectivity index (χ1v) is 6.09. The number of halogens is 5. The van der Waals surface area contributed by atoms with Crippen LogP contribution in [0.2, 0.25) is 0 Å². The number of amides is 1. The Morgan fingerprint density at radius 2 is 1.95 bits per heavy atom. The normalized spacial score (nSPS) is 13.3. The number of carbonyl (C=O) groups excluding carboxylic acids is 1. The number of hydrogen-bond donors (Lipinski definition) is 1. The molecule has 1 unspecified atom stereocenters. The smallest absolute Gasteiger partial charge is 0.346 e. The SMILES string of the molecule is CC(C(=O)NCC(F)(F)F)N(C)Cc1ccc(F)cc1F. The van der Waals surface area contributed by atoms with Gasteiger partial charge in [0.15, 0.2) is 0 Å². The molecule has 0 saturated carbocycles. The van der Waals surface area contributed by atoms with E-state index in [1.54, 1.807) is 5.32 Å². The zero-order chi connectivity index (χ0) is 16.2. The molecule has 0 aromatic heterocycles. The molecule has 1 atom stereocenters. The van der Waals surface area contributed by atoms with Gasteiger partial charge in [0.25, 0.3) is 0 Å². The van der Waals surface area contributed by atoms with E-state index in [1.165, 1.54) is 24.9 Å². The van der Waals surface area contributed by atoms with Crippen molar-refractivity contribution in [2.24, 2.45) is 0 Å². The summed E-state index contributed by atoms with van der Waals surface area (Å²) in [6.45, 7) is -0.0607. The Bertz CT molecular complexity index is 504. The van der Waals surface area contributed by atoms with Crippen molar-refractivity contribution in [3.63, 3.8) is 0 Å². The second kappa shape index (κ2) is 6.84. The number of hydrogen-bond acceptors (Lipinski definition) is 2. The van der Waals surface area contributed by atoms with Gasteiger partial charge in [-0.05, 0) is 20.0 Å². The van der Waals surface area contributed by atoms with Gasteiger partial charge in [0.2, 0.25) is 5.91 Å². The molecule has 3 nitrogen and oxygen atoms in total. The Balaban J connectivity index is 2.61. The number of nitrogens with zero attached hydrogens (tertiary/aromatic N) is 1. The topological polar surface area (TPSA) is 32.3 Å². The van der Waals surface area contributed by atoms with Crippen molar-refractivity contribution in [3.05, 3.63) is 35.4 Å². The standard InChI is InChI=1S/C13H15F5N2O/c1-8(12(21)19-7-13(16,17)18)20(2)6-9-3-4-10(14)5-11(9)15/h3-5,8H,6-7H2,1-2H3,(H,19,21). The second-order valence-electron chi connectivity index (χ2n) is 4.66. The lowest BCUT2D eigenvalue weighted by Gasteiger charge is -2.24. The minimum absolute atomic E-state index is 0.0350. The Hall–Kier alpha value is -1.70. The van der Waals surface area contributed by atoms with E-state index >= 15 is 0 Å². The van der Waals surface area contributed by atoms with Crippen LogP contribution in [-0.2, 0) is 11.3 Å². The first-order chi connectivity index (χ1) is 9.60. The summed E-state index contributed by atoms with van der Waals surface area (Å²) < 4.78 is 62.2. The van der Waals surface area contributed by atoms with E-state index in [-0.39, 0.29) is 12.1 Å². The van der Waals surface area contributed by atoms with E-state index in [2.05, 4.69) is 0 Å². The minimum atomic E-state index is -4.49. The predicted molar refractivity (Wildman–Crippen MR) is 66.4 cm³/mol. The zero-order valence-corrected chi connectivity index (χ0v) is 11.5. The first kappa shape index (κ1) is 17.4. The molecule has 0 aliphatic rings. The van der Waals surface area contributed by atoms with Crippen LogP contribution in [0.4, 0.5) is 22.0 Å². The molecule has 0 bridgehead atoms. The highest BCUT2D eigenvalue weighted by atomic mass is 19.4. The number of carbonyl (C=O) groups is 1. The van der Waals surface area contributed by atoms with Gasteiger partial charge in [0, 0.05) is 18.2 Å². The molecular formula is C13H15F5N2O. The summed E-state index contributed by atoms with van der Waals surface area (Å²) in [7, 11) is 1.46. The van der Waals surface area contributed by atoms with Gasteiger partial charge in [-0.2, -0.15) is 13.2 Å². The maximum Gasteiger partial charge on any atom is 0.405 e. The fourth-order valence-electron chi connectivity index (χ4n) is 1.59. The summed E-state index contributed by atoms with van der Waals surface area (Å²) in [4.78, 5) is 12.9. The van der Waals surface area contributed by atoms with Crippen LogP contribution < -0.4 is 5.32 Å². The molecule has 0 spiro atoms. The van der Waals surface area contributed by atoms with Crippen LogP contribution in [0.5, 0.6) is 0 Å². The molecule has 21 heavy (non-hydrogen) atoms. The van der Waals surface area contributed by atoms with E-state index in [0.717, 1.165) is 6.07 Å². The van der Waals surface area contributed by atoms with E-state index < -0.39 is 36.3 Å². The second-order valence-corrected chi connectivity index (χ2v) is 4.66. The van der Waals surface area contributed by atoms with E-state index in [4.69, 9.17) is 0 Å². The summed E-state index contributed by atoms with van der Waals surface area (Å²) in [6.07, 6.45) is -4.49. The van der Waals surface area contributed by atoms with Crippen LogP contribution in [-0.4, -0.2) is 36.6 Å². The highest BCUT2D eigenvalue weighted by molar-refractivity contribution is 5.81. The van der Waals surface area contributed by atoms with Gasteiger partial charge in [0.1, 0.15) is 18.2 Å². The van der Waals surface area contributed by atoms with E-state index in [0.29, 0.717) is 6.07 Å². The molecule has 8 heteroatoms. The lowest BCUT2D eigenvalue weighted by Crippen LogP contribution is -2.45. The van der Waals surface area contributed by atoms with Gasteiger partial charge >= 0.3 is 6.18 Å². The summed E-state index contributed by atoms with van der Waals surface area (Å²) in [5.74, 6) is -2.32. The van der Waals surface area contributed by atoms with E-state index in [9.17, 15) is 26.7 Å². The molecule has 0 saturated heterocycles. The lowest BCUT2D eigenvalue weighted by molar-refractivity contribution is -0.141. The zero-order valence-electron chi connectivity index (χ0n) is 11.5. The molecule has 1 aromatic rings. The summed E-state index contributed by atoms with van der Waals surface area (Å²) in [5.41, 5.74) is 0.148. The van der Waals surface area contributed by atoms with Gasteiger partial charge < -0.3 is 5.32 Å². The molecular weight excluding hydrogens is 295 g/mol. The van der Waals surface area contributed by atoms with Crippen molar-refractivity contribution in [1.82, 2.24) is 10.2 Å². The molecule has 118 valence electrons. The third-order valence-corrected chi connectivity index (χ3v) is 2.94. The highest BCUT2D eigenvalue weighted by Gasteiger charge is 2.29. The van der Waals surface area contributed by atoms with Crippen molar-refractivity contribution in [2.75, 3.05) is 13.6 Å². The van der Waals surface area contributed by atoms with Gasteiger partial charge in [-0.1, -0.05) is 6.07 Å². The maximum absolute atomic E-state index is 13.5. The lowest BCUT2D eigenvalue weighted by atomic mass is 10.1. The van der Waals surface area contributed by atoms with Crippen LogP contribution in [0, 0.1) is 11.6 Å². The number of rotatable bonds is 5. The molecule has 1 rings (SSSR count). The Morgan fingerprint density at radius 3 is 2.48 bits per heavy atom. The van der Waals surface area contributed by atoms with Crippen LogP contribution >= 0.6 is 0 Å². The molecule has 0 aliphatic heterocycles. The fourth-order valence-corrected chi connectivity index (χ4v) is 1.59. The number of likely N-dealkylation sites (N-methyl/N-ethyl adjacent to an activating group) is 1. The fraction of sp³-hybridized carbons (Fsp3) is 0.462. The van der Waals surface area contributed by atoms with Crippen LogP contribution in [0.1, 0.15) is 12.5 Å². The molecule has 0 radical (unpaired) electrons. The summed E-state index contributed by atoms with van der Waals surface area (Å²) in [6, 6.07) is 2.11. The third kappa shape index (κ3) is 5.66. The molecule has 0 aliphatic carbocycles. The molecule has 1 aromatic carbocycles. The Labute approximate surface area is 118 Å². The Morgan fingerprint density at radius 1 is 1.33 bits per heavy atom. The van der Waals surface area contributed by atoms with Crippen molar-refractivity contribution < 1.29 is 26.7 Å². The number of alkyl halides is 3. The Kier molecular flexibility index (Phi) is 5.65. The van der Waals surface area contributed by atoms with Crippen LogP contribution in [0.15, 0.2) is 18.2 Å². The van der Waals surface area contributed by atoms with E-state index in [1.807, 2.05) is 0 Å². The summed E-state index contributed by atoms with van der Waals surface area (Å²) in [5, 5.41) is 1.75. The van der Waals surface area contributed by atoms with Crippen LogP contribution in [0.3, 0.4) is 0 Å². The van der Waals surface area contributed by atoms with Crippen molar-refractivity contribution in [1.29, 1.82) is 0 Å². The molecule has 1 N–H and O–H groups in total. The monoisotopic (exact) mass is 310 g/mol. The predicted octanol–water partition coefficient (Wildman–Crippen LogP) is 2.46. The first-order valence-electron chi connectivity index (χ1n) is 6.09. The van der Waals surface area contributed by atoms with Gasteiger partial charge in [-0.3, -0.25) is 9.69 Å². The largest absolute Gasteiger partial charge is 0.405 e. The summed E-state index contributed by atoms with van der Waals surface area (Å²) >= 11 is 0. The van der Waals surface area contributed by atoms with Crippen molar-refractivity contribution in [2.45, 2.75) is 25.7 Å². The van der Waals surface area contributed by atoms with Gasteiger partial charge in [-0.25, -0.2) is 8.78 Å². The molecule has 1 amide bonds. The number of nitrogens with one attached hydrogen (secondary N) is 1. The van der Waals surface area contributed by atoms with Gasteiger partial charge in [-0.15, -0.1) is 0 Å². The average Bonchev–Trinajstić information content (AvgIpc) is 2.37. The third-order valence-electron chi connectivity index (χ3n) is 2.94. The maximum atomic E-state index is 13.5. The quantitative estimate of drug-likeness (QED) is 0.847. The average molecular weight is 310 g/mol.